The van der Waals surface area contributed by atoms with E-state index >= 15 is 0 Å². The van der Waals surface area contributed by atoms with E-state index in [1.807, 2.05) is 0 Å². The van der Waals surface area contributed by atoms with Crippen LogP contribution < -0.4 is 0 Å². The zero-order valence-corrected chi connectivity index (χ0v) is 14.7. The van der Waals surface area contributed by atoms with Crippen LogP contribution in [0.1, 0.15) is 33.6 Å². The molecule has 8 nitrogen and oxygen atoms in total. The van der Waals surface area contributed by atoms with Crippen molar-refractivity contribution in [1.82, 2.24) is 9.88 Å². The van der Waals surface area contributed by atoms with Crippen molar-refractivity contribution in [3.8, 4) is 0 Å². The first-order valence-corrected chi connectivity index (χ1v) is 8.87. The molecule has 2 rings (SSSR count). The molecular formula is C15H21N3O5S. The SMILES string of the molecule is CC(C)(C)OC(=O)N1CCC[C@H]([S@](=O)c2ccc([N+](=O)[O-])cn2)C1. The van der Waals surface area contributed by atoms with Crippen LogP contribution in [0.2, 0.25) is 0 Å². The van der Waals surface area contributed by atoms with Crippen LogP contribution in [-0.4, -0.2) is 49.0 Å². The summed E-state index contributed by atoms with van der Waals surface area (Å²) in [5.74, 6) is 0. The van der Waals surface area contributed by atoms with Gasteiger partial charge >= 0.3 is 6.09 Å². The number of hydrogen-bond donors (Lipinski definition) is 0. The van der Waals surface area contributed by atoms with Crippen LogP contribution in [0.25, 0.3) is 0 Å². The molecule has 132 valence electrons. The first kappa shape index (κ1) is 18.3. The molecule has 0 saturated carbocycles. The van der Waals surface area contributed by atoms with Gasteiger partial charge in [0.15, 0.2) is 0 Å². The number of pyridine rings is 1. The van der Waals surface area contributed by atoms with Gasteiger partial charge in [-0.1, -0.05) is 0 Å². The van der Waals surface area contributed by atoms with E-state index in [0.29, 0.717) is 19.5 Å². The van der Waals surface area contributed by atoms with Gasteiger partial charge in [-0.3, -0.25) is 14.3 Å². The Bertz CT molecular complexity index is 642. The molecule has 2 heterocycles. The van der Waals surface area contributed by atoms with E-state index in [4.69, 9.17) is 4.74 Å². The van der Waals surface area contributed by atoms with Gasteiger partial charge in [0.1, 0.15) is 16.8 Å². The van der Waals surface area contributed by atoms with Crippen LogP contribution >= 0.6 is 0 Å². The molecule has 0 radical (unpaired) electrons. The summed E-state index contributed by atoms with van der Waals surface area (Å²) in [6.07, 6.45) is 2.11. The van der Waals surface area contributed by atoms with Crippen LogP contribution in [0.4, 0.5) is 10.5 Å². The highest BCUT2D eigenvalue weighted by atomic mass is 32.2. The fourth-order valence-electron chi connectivity index (χ4n) is 2.38. The Hall–Kier alpha value is -2.03. The lowest BCUT2D eigenvalue weighted by atomic mass is 10.1. The summed E-state index contributed by atoms with van der Waals surface area (Å²) in [6, 6.07) is 2.69. The Kier molecular flexibility index (Phi) is 5.53. The van der Waals surface area contributed by atoms with E-state index in [1.165, 1.54) is 12.1 Å². The molecule has 0 spiro atoms. The maximum Gasteiger partial charge on any atom is 0.410 e. The Morgan fingerprint density at radius 1 is 1.46 bits per heavy atom. The van der Waals surface area contributed by atoms with Crippen molar-refractivity contribution in [2.75, 3.05) is 13.1 Å². The number of carbonyl (C=O) groups excluding carboxylic acids is 1. The minimum absolute atomic E-state index is 0.144. The Morgan fingerprint density at radius 3 is 2.71 bits per heavy atom. The molecule has 0 unspecified atom stereocenters. The molecule has 1 aliphatic rings. The third-order valence-electron chi connectivity index (χ3n) is 3.47. The lowest BCUT2D eigenvalue weighted by Crippen LogP contribution is -2.45. The third-order valence-corrected chi connectivity index (χ3v) is 5.11. The van der Waals surface area contributed by atoms with Crippen LogP contribution in [-0.2, 0) is 15.5 Å². The van der Waals surface area contributed by atoms with E-state index in [0.717, 1.165) is 12.6 Å². The Morgan fingerprint density at radius 2 is 2.17 bits per heavy atom. The minimum atomic E-state index is -1.43. The second-order valence-corrected chi connectivity index (χ2v) is 8.28. The fourth-order valence-corrected chi connectivity index (χ4v) is 3.77. The van der Waals surface area contributed by atoms with Crippen LogP contribution in [0.15, 0.2) is 23.4 Å². The lowest BCUT2D eigenvalue weighted by Gasteiger charge is -2.33. The zero-order chi connectivity index (χ0) is 17.9. The molecule has 9 heteroatoms. The molecular weight excluding hydrogens is 334 g/mol. The van der Waals surface area contributed by atoms with Crippen LogP contribution in [0, 0.1) is 10.1 Å². The molecule has 0 bridgehead atoms. The number of piperidine rings is 1. The van der Waals surface area contributed by atoms with Gasteiger partial charge in [-0.05, 0) is 39.7 Å². The number of amides is 1. The lowest BCUT2D eigenvalue weighted by molar-refractivity contribution is -0.385. The first-order valence-electron chi connectivity index (χ1n) is 7.66. The second kappa shape index (κ2) is 7.25. The number of carbonyl (C=O) groups is 1. The van der Waals surface area contributed by atoms with E-state index in [-0.39, 0.29) is 16.0 Å². The summed E-state index contributed by atoms with van der Waals surface area (Å²) >= 11 is 0. The molecule has 24 heavy (non-hydrogen) atoms. The molecule has 0 aromatic carbocycles. The molecule has 1 aliphatic heterocycles. The second-order valence-electron chi connectivity index (χ2n) is 6.60. The average Bonchev–Trinajstić information content (AvgIpc) is 2.53. The summed E-state index contributed by atoms with van der Waals surface area (Å²) in [7, 11) is -1.43. The summed E-state index contributed by atoms with van der Waals surface area (Å²) in [5.41, 5.74) is -0.724. The predicted octanol–water partition coefficient (Wildman–Crippen LogP) is 2.50. The average molecular weight is 355 g/mol. The van der Waals surface area contributed by atoms with Crippen molar-refractivity contribution in [2.45, 2.75) is 49.5 Å². The Labute approximate surface area is 142 Å². The highest BCUT2D eigenvalue weighted by Gasteiger charge is 2.31. The summed E-state index contributed by atoms with van der Waals surface area (Å²) in [6.45, 7) is 6.28. The van der Waals surface area contributed by atoms with Crippen molar-refractivity contribution in [1.29, 1.82) is 0 Å². The quantitative estimate of drug-likeness (QED) is 0.609. The molecule has 2 atom stereocenters. The van der Waals surface area contributed by atoms with Crippen LogP contribution in [0.3, 0.4) is 0 Å². The van der Waals surface area contributed by atoms with E-state index in [1.54, 1.807) is 25.7 Å². The van der Waals surface area contributed by atoms with E-state index in [9.17, 15) is 19.1 Å². The number of aromatic nitrogens is 1. The smallest absolute Gasteiger partial charge is 0.410 e. The third kappa shape index (κ3) is 4.73. The number of hydrogen-bond acceptors (Lipinski definition) is 6. The van der Waals surface area contributed by atoms with Crippen molar-refractivity contribution in [3.63, 3.8) is 0 Å². The van der Waals surface area contributed by atoms with Gasteiger partial charge < -0.3 is 9.64 Å². The van der Waals surface area contributed by atoms with Gasteiger partial charge in [0.2, 0.25) is 0 Å². The van der Waals surface area contributed by atoms with E-state index < -0.39 is 27.4 Å². The fraction of sp³-hybridized carbons (Fsp3) is 0.600. The van der Waals surface area contributed by atoms with Crippen molar-refractivity contribution in [2.24, 2.45) is 0 Å². The molecule has 1 saturated heterocycles. The van der Waals surface area contributed by atoms with Gasteiger partial charge in [-0.2, -0.15) is 0 Å². The van der Waals surface area contributed by atoms with Gasteiger partial charge in [0.05, 0.1) is 21.0 Å². The predicted molar refractivity (Wildman–Crippen MR) is 88.1 cm³/mol. The summed E-state index contributed by atoms with van der Waals surface area (Å²) < 4.78 is 18.0. The number of nitrogens with zero attached hydrogens (tertiary/aromatic N) is 3. The van der Waals surface area contributed by atoms with Crippen molar-refractivity contribution in [3.05, 3.63) is 28.4 Å². The topological polar surface area (TPSA) is 103 Å². The molecule has 1 fully saturated rings. The largest absolute Gasteiger partial charge is 0.444 e. The van der Waals surface area contributed by atoms with Gasteiger partial charge in [-0.25, -0.2) is 9.78 Å². The van der Waals surface area contributed by atoms with Gasteiger partial charge in [-0.15, -0.1) is 0 Å². The summed E-state index contributed by atoms with van der Waals surface area (Å²) in [4.78, 5) is 27.7. The highest BCUT2D eigenvalue weighted by Crippen LogP contribution is 2.22. The number of ether oxygens (including phenoxy) is 1. The number of nitro groups is 1. The maximum absolute atomic E-state index is 12.6. The summed E-state index contributed by atoms with van der Waals surface area (Å²) in [5, 5.41) is 10.7. The molecule has 0 N–H and O–H groups in total. The number of rotatable bonds is 3. The molecule has 1 aromatic rings. The van der Waals surface area contributed by atoms with Crippen LogP contribution in [0.5, 0.6) is 0 Å². The maximum atomic E-state index is 12.6. The standard InChI is InChI=1S/C15H21N3O5S/c1-15(2,3)23-14(19)17-8-4-5-12(10-17)24(22)13-7-6-11(9-16-13)18(20)21/h6-7,9,12H,4-5,8,10H2,1-3H3/t12-,24-/m0/s1. The minimum Gasteiger partial charge on any atom is -0.444 e. The highest BCUT2D eigenvalue weighted by molar-refractivity contribution is 7.85. The number of likely N-dealkylation sites (tertiary alicyclic amines) is 1. The van der Waals surface area contributed by atoms with Crippen molar-refractivity contribution < 1.29 is 18.7 Å². The molecule has 1 amide bonds. The van der Waals surface area contributed by atoms with E-state index in [2.05, 4.69) is 4.98 Å². The Balaban J connectivity index is 2.04. The first-order chi connectivity index (χ1) is 11.2. The van der Waals surface area contributed by atoms with Crippen molar-refractivity contribution >= 4 is 22.6 Å². The zero-order valence-electron chi connectivity index (χ0n) is 13.9. The van der Waals surface area contributed by atoms with Gasteiger partial charge in [0, 0.05) is 19.2 Å². The molecule has 1 aromatic heterocycles. The normalized spacial score (nSPS) is 19.6. The monoisotopic (exact) mass is 355 g/mol. The molecule has 0 aliphatic carbocycles. The van der Waals surface area contributed by atoms with Gasteiger partial charge in [0.25, 0.3) is 5.69 Å².